The quantitative estimate of drug-likeness (QED) is 0.482. The number of rotatable bonds is 8. The minimum atomic E-state index is -0.912. The maximum atomic E-state index is 10.6. The molecule has 0 aromatic heterocycles. The van der Waals surface area contributed by atoms with Gasteiger partial charge < -0.3 is 5.11 Å². The van der Waals surface area contributed by atoms with Gasteiger partial charge in [-0.2, -0.15) is 0 Å². The number of hydrogen-bond donors (Lipinski definition) is 1. The van der Waals surface area contributed by atoms with Gasteiger partial charge in [-0.25, -0.2) is 0 Å². The van der Waals surface area contributed by atoms with Crippen LogP contribution in [0, 0.1) is 6.92 Å². The van der Waals surface area contributed by atoms with E-state index in [1.807, 2.05) is 50.3 Å². The lowest BCUT2D eigenvalue weighted by molar-refractivity contribution is 0.111. The topological polar surface area (TPSA) is 20.2 Å². The summed E-state index contributed by atoms with van der Waals surface area (Å²) in [6.45, 7) is 8.28. The van der Waals surface area contributed by atoms with Crippen LogP contribution < -0.4 is 0 Å². The maximum Gasteiger partial charge on any atom is 0.105 e. The highest BCUT2D eigenvalue weighted by atomic mass is 16.3. The molecule has 1 heteroatoms. The molecule has 1 rings (SSSR count). The lowest BCUT2D eigenvalue weighted by atomic mass is 9.94. The predicted molar refractivity (Wildman–Crippen MR) is 92.4 cm³/mol. The molecule has 116 valence electrons. The second-order valence-electron chi connectivity index (χ2n) is 6.20. The van der Waals surface area contributed by atoms with E-state index >= 15 is 0 Å². The molecule has 1 unspecified atom stereocenters. The van der Waals surface area contributed by atoms with Gasteiger partial charge in [-0.05, 0) is 45.3 Å². The summed E-state index contributed by atoms with van der Waals surface area (Å²) in [6.07, 6.45) is 12.3. The molecule has 1 atom stereocenters. The molecule has 0 spiro atoms. The van der Waals surface area contributed by atoms with Gasteiger partial charge >= 0.3 is 0 Å². The van der Waals surface area contributed by atoms with E-state index in [2.05, 4.69) is 19.9 Å². The zero-order valence-corrected chi connectivity index (χ0v) is 14.0. The first kappa shape index (κ1) is 17.7. The van der Waals surface area contributed by atoms with Crippen molar-refractivity contribution >= 4 is 0 Å². The summed E-state index contributed by atoms with van der Waals surface area (Å²) in [7, 11) is 0. The Morgan fingerprint density at radius 1 is 1.24 bits per heavy atom. The number of unbranched alkanes of at least 4 members (excludes halogenated alkanes) is 3. The first-order valence-electron chi connectivity index (χ1n) is 8.10. The Morgan fingerprint density at radius 3 is 2.67 bits per heavy atom. The smallest absolute Gasteiger partial charge is 0.105 e. The van der Waals surface area contributed by atoms with Crippen LogP contribution in [0.4, 0.5) is 0 Å². The first-order valence-corrected chi connectivity index (χ1v) is 8.10. The summed E-state index contributed by atoms with van der Waals surface area (Å²) in [6, 6.07) is 8.04. The van der Waals surface area contributed by atoms with Crippen molar-refractivity contribution in [2.75, 3.05) is 0 Å². The fraction of sp³-hybridized carbons (Fsp3) is 0.500. The molecule has 0 bridgehead atoms. The highest BCUT2D eigenvalue weighted by Crippen LogP contribution is 2.23. The lowest BCUT2D eigenvalue weighted by Gasteiger charge is -2.19. The van der Waals surface area contributed by atoms with Crippen LogP contribution in [0.15, 0.2) is 48.1 Å². The summed E-state index contributed by atoms with van der Waals surface area (Å²) in [5, 5.41) is 10.6. The third-order valence-corrected chi connectivity index (χ3v) is 3.83. The fourth-order valence-electron chi connectivity index (χ4n) is 2.37. The van der Waals surface area contributed by atoms with Gasteiger partial charge in [0.1, 0.15) is 5.60 Å². The highest BCUT2D eigenvalue weighted by molar-refractivity contribution is 5.31. The van der Waals surface area contributed by atoms with Crippen LogP contribution in [0.25, 0.3) is 0 Å². The summed E-state index contributed by atoms with van der Waals surface area (Å²) >= 11 is 0. The van der Waals surface area contributed by atoms with Gasteiger partial charge in [0.15, 0.2) is 0 Å². The largest absolute Gasteiger partial charge is 0.381 e. The average Bonchev–Trinajstić information content (AvgIpc) is 2.43. The van der Waals surface area contributed by atoms with Crippen LogP contribution in [-0.4, -0.2) is 5.11 Å². The van der Waals surface area contributed by atoms with Gasteiger partial charge in [0.05, 0.1) is 0 Å². The van der Waals surface area contributed by atoms with E-state index in [0.717, 1.165) is 12.0 Å². The van der Waals surface area contributed by atoms with E-state index in [-0.39, 0.29) is 0 Å². The normalized spacial score (nSPS) is 15.4. The molecule has 0 aliphatic rings. The van der Waals surface area contributed by atoms with E-state index in [4.69, 9.17) is 0 Å². The molecule has 0 amide bonds. The van der Waals surface area contributed by atoms with Crippen LogP contribution in [0.5, 0.6) is 0 Å². The van der Waals surface area contributed by atoms with Gasteiger partial charge in [0, 0.05) is 0 Å². The van der Waals surface area contributed by atoms with Crippen molar-refractivity contribution in [2.45, 2.75) is 65.4 Å². The second kappa shape index (κ2) is 8.84. The van der Waals surface area contributed by atoms with Crippen molar-refractivity contribution < 1.29 is 5.11 Å². The Balaban J connectivity index is 2.58. The Hall–Kier alpha value is -1.34. The third kappa shape index (κ3) is 6.77. The minimum Gasteiger partial charge on any atom is -0.381 e. The molecule has 0 saturated heterocycles. The summed E-state index contributed by atoms with van der Waals surface area (Å²) in [5.41, 5.74) is 2.57. The van der Waals surface area contributed by atoms with Gasteiger partial charge in [-0.15, -0.1) is 0 Å². The monoisotopic (exact) mass is 286 g/mol. The first-order chi connectivity index (χ1) is 9.95. The van der Waals surface area contributed by atoms with Crippen LogP contribution in [0.2, 0.25) is 0 Å². The van der Waals surface area contributed by atoms with Crippen molar-refractivity contribution in [2.24, 2.45) is 0 Å². The number of allylic oxidation sites excluding steroid dienone is 3. The molecule has 21 heavy (non-hydrogen) atoms. The average molecular weight is 286 g/mol. The van der Waals surface area contributed by atoms with Crippen molar-refractivity contribution in [3.63, 3.8) is 0 Å². The Labute approximate surface area is 130 Å². The second-order valence-corrected chi connectivity index (χ2v) is 6.20. The van der Waals surface area contributed by atoms with Crippen LogP contribution in [0.3, 0.4) is 0 Å². The predicted octanol–water partition coefficient (Wildman–Crippen LogP) is 5.68. The molecule has 1 aromatic carbocycles. The molecule has 1 nitrogen and oxygen atoms in total. The van der Waals surface area contributed by atoms with Gasteiger partial charge in [0.2, 0.25) is 0 Å². The molecular weight excluding hydrogens is 256 g/mol. The molecule has 0 aliphatic heterocycles. The molecule has 0 heterocycles. The Morgan fingerprint density at radius 2 is 2.00 bits per heavy atom. The zero-order chi connectivity index (χ0) is 15.7. The number of aliphatic hydroxyl groups is 1. The third-order valence-electron chi connectivity index (χ3n) is 3.83. The summed E-state index contributed by atoms with van der Waals surface area (Å²) in [4.78, 5) is 0. The molecule has 0 fully saturated rings. The van der Waals surface area contributed by atoms with E-state index in [1.54, 1.807) is 0 Å². The highest BCUT2D eigenvalue weighted by Gasteiger charge is 2.18. The molecular formula is C20H30O. The summed E-state index contributed by atoms with van der Waals surface area (Å²) in [5.74, 6) is 0. The van der Waals surface area contributed by atoms with Crippen molar-refractivity contribution in [1.29, 1.82) is 0 Å². The minimum absolute atomic E-state index is 0.912. The standard InChI is InChI=1S/C20H30O/c1-5-6-7-8-11-17(2)13-10-15-20(4,21)19-14-9-12-18(3)16-19/h9-10,12-16,21H,5-8,11H2,1-4H3/b15-10+,17-13+. The number of benzene rings is 1. The maximum absolute atomic E-state index is 10.6. The SMILES string of the molecule is CCCCCC/C(C)=C/C=C/C(C)(O)c1cccc(C)c1. The van der Waals surface area contributed by atoms with Gasteiger partial charge in [-0.1, -0.05) is 73.7 Å². The lowest BCUT2D eigenvalue weighted by Crippen LogP contribution is -2.17. The van der Waals surface area contributed by atoms with Crippen molar-refractivity contribution in [3.8, 4) is 0 Å². The van der Waals surface area contributed by atoms with E-state index in [0.29, 0.717) is 0 Å². The molecule has 1 N–H and O–H groups in total. The van der Waals surface area contributed by atoms with E-state index < -0.39 is 5.60 Å². The van der Waals surface area contributed by atoms with Crippen LogP contribution >= 0.6 is 0 Å². The van der Waals surface area contributed by atoms with Crippen molar-refractivity contribution in [1.82, 2.24) is 0 Å². The zero-order valence-electron chi connectivity index (χ0n) is 14.0. The molecule has 1 aromatic rings. The van der Waals surface area contributed by atoms with Gasteiger partial charge in [-0.3, -0.25) is 0 Å². The van der Waals surface area contributed by atoms with Gasteiger partial charge in [0.25, 0.3) is 0 Å². The van der Waals surface area contributed by atoms with E-state index in [9.17, 15) is 5.11 Å². The van der Waals surface area contributed by atoms with Crippen LogP contribution in [-0.2, 0) is 5.60 Å². The number of hydrogen-bond acceptors (Lipinski definition) is 1. The Bertz CT molecular complexity index is 480. The number of aryl methyl sites for hydroxylation is 1. The molecule has 0 radical (unpaired) electrons. The summed E-state index contributed by atoms with van der Waals surface area (Å²) < 4.78 is 0. The fourth-order valence-corrected chi connectivity index (χ4v) is 2.37. The van der Waals surface area contributed by atoms with Crippen molar-refractivity contribution in [3.05, 3.63) is 59.2 Å². The molecule has 0 aliphatic carbocycles. The van der Waals surface area contributed by atoms with E-state index in [1.165, 1.54) is 36.8 Å². The Kier molecular flexibility index (Phi) is 7.45. The van der Waals surface area contributed by atoms with Crippen LogP contribution in [0.1, 0.15) is 64.0 Å². The molecule has 0 saturated carbocycles.